The van der Waals surface area contributed by atoms with Gasteiger partial charge in [0.15, 0.2) is 5.75 Å². The largest absolute Gasteiger partial charge is 0.478 e. The van der Waals surface area contributed by atoms with E-state index in [1.165, 1.54) is 0 Å². The molecule has 0 aliphatic carbocycles. The van der Waals surface area contributed by atoms with Crippen LogP contribution in [0.25, 0.3) is 0 Å². The number of halogens is 2. The molecule has 2 aromatic rings. The van der Waals surface area contributed by atoms with Crippen LogP contribution in [0.5, 0.6) is 5.75 Å². The summed E-state index contributed by atoms with van der Waals surface area (Å²) in [5.74, 6) is 6.38. The monoisotopic (exact) mass is 305 g/mol. The molecule has 0 aliphatic heterocycles. The molecular formula is C16H13Cl2NO. The highest BCUT2D eigenvalue weighted by molar-refractivity contribution is 6.37. The lowest BCUT2D eigenvalue weighted by molar-refractivity contribution is 0.369. The standard InChI is InChI=1S/C16H13Cl2NO/c1-11-14(17)16(15(18)12(2)19-11)20-10-6-9-13-7-4-3-5-8-13/h3-5,7-8H,10H2,1-2H3. The molecule has 1 aromatic heterocycles. The van der Waals surface area contributed by atoms with Gasteiger partial charge in [0.2, 0.25) is 0 Å². The average molecular weight is 306 g/mol. The Labute approximate surface area is 128 Å². The molecule has 2 nitrogen and oxygen atoms in total. The molecule has 0 spiro atoms. The van der Waals surface area contributed by atoms with Crippen LogP contribution in [-0.2, 0) is 0 Å². The molecular weight excluding hydrogens is 293 g/mol. The zero-order chi connectivity index (χ0) is 14.5. The van der Waals surface area contributed by atoms with Crippen molar-refractivity contribution in [3.05, 3.63) is 57.3 Å². The Hall–Kier alpha value is -1.69. The van der Waals surface area contributed by atoms with Gasteiger partial charge in [-0.15, -0.1) is 0 Å². The van der Waals surface area contributed by atoms with E-state index in [-0.39, 0.29) is 6.61 Å². The lowest BCUT2D eigenvalue weighted by atomic mass is 10.2. The number of ether oxygens (including phenoxy) is 1. The van der Waals surface area contributed by atoms with Crippen molar-refractivity contribution in [2.24, 2.45) is 0 Å². The Morgan fingerprint density at radius 1 is 1.05 bits per heavy atom. The third kappa shape index (κ3) is 3.45. The zero-order valence-corrected chi connectivity index (χ0v) is 12.7. The van der Waals surface area contributed by atoms with Crippen LogP contribution in [0.4, 0.5) is 0 Å². The molecule has 1 aromatic carbocycles. The van der Waals surface area contributed by atoms with Crippen molar-refractivity contribution in [3.8, 4) is 17.6 Å². The number of rotatable bonds is 2. The van der Waals surface area contributed by atoms with Gasteiger partial charge < -0.3 is 4.74 Å². The fourth-order valence-electron chi connectivity index (χ4n) is 1.67. The highest BCUT2D eigenvalue weighted by atomic mass is 35.5. The molecule has 0 N–H and O–H groups in total. The van der Waals surface area contributed by atoms with Crippen molar-refractivity contribution in [2.75, 3.05) is 6.61 Å². The normalized spacial score (nSPS) is 9.80. The first-order valence-electron chi connectivity index (χ1n) is 6.08. The minimum Gasteiger partial charge on any atom is -0.478 e. The maximum Gasteiger partial charge on any atom is 0.161 e. The van der Waals surface area contributed by atoms with Crippen LogP contribution in [0, 0.1) is 25.7 Å². The van der Waals surface area contributed by atoms with E-state index in [9.17, 15) is 0 Å². The Morgan fingerprint density at radius 3 is 2.25 bits per heavy atom. The summed E-state index contributed by atoms with van der Waals surface area (Å²) in [6.45, 7) is 3.85. The van der Waals surface area contributed by atoms with Crippen LogP contribution in [0.2, 0.25) is 10.0 Å². The SMILES string of the molecule is Cc1nc(C)c(Cl)c(OCC#Cc2ccccc2)c1Cl. The summed E-state index contributed by atoms with van der Waals surface area (Å²) in [6, 6.07) is 9.70. The van der Waals surface area contributed by atoms with E-state index in [0.29, 0.717) is 27.2 Å². The molecule has 0 atom stereocenters. The Kier molecular flexibility index (Phi) is 4.89. The first-order chi connectivity index (χ1) is 9.59. The number of aromatic nitrogens is 1. The number of pyridine rings is 1. The van der Waals surface area contributed by atoms with Gasteiger partial charge in [-0.25, -0.2) is 0 Å². The van der Waals surface area contributed by atoms with Crippen LogP contribution in [0.3, 0.4) is 0 Å². The number of benzene rings is 1. The van der Waals surface area contributed by atoms with Crippen LogP contribution in [0.1, 0.15) is 17.0 Å². The fraction of sp³-hybridized carbons (Fsp3) is 0.188. The zero-order valence-electron chi connectivity index (χ0n) is 11.2. The molecule has 0 saturated carbocycles. The summed E-state index contributed by atoms with van der Waals surface area (Å²) in [5, 5.41) is 0.865. The molecule has 0 radical (unpaired) electrons. The quantitative estimate of drug-likeness (QED) is 0.765. The van der Waals surface area contributed by atoms with Crippen molar-refractivity contribution in [1.82, 2.24) is 4.98 Å². The topological polar surface area (TPSA) is 22.1 Å². The molecule has 0 fully saturated rings. The summed E-state index contributed by atoms with van der Waals surface area (Å²) >= 11 is 12.3. The number of hydrogen-bond acceptors (Lipinski definition) is 2. The fourth-order valence-corrected chi connectivity index (χ4v) is 2.10. The second-order valence-electron chi connectivity index (χ2n) is 4.20. The van der Waals surface area contributed by atoms with Crippen LogP contribution >= 0.6 is 23.2 Å². The maximum absolute atomic E-state index is 6.15. The van der Waals surface area contributed by atoms with Crippen molar-refractivity contribution in [3.63, 3.8) is 0 Å². The minimum absolute atomic E-state index is 0.219. The number of aryl methyl sites for hydroxylation is 2. The first-order valence-corrected chi connectivity index (χ1v) is 6.84. The lowest BCUT2D eigenvalue weighted by Gasteiger charge is -2.10. The third-order valence-corrected chi connectivity index (χ3v) is 3.55. The molecule has 0 bridgehead atoms. The first kappa shape index (κ1) is 14.7. The summed E-state index contributed by atoms with van der Waals surface area (Å²) in [7, 11) is 0. The van der Waals surface area contributed by atoms with Crippen molar-refractivity contribution >= 4 is 23.2 Å². The van der Waals surface area contributed by atoms with E-state index in [1.54, 1.807) is 0 Å². The predicted molar refractivity (Wildman–Crippen MR) is 82.5 cm³/mol. The highest BCUT2D eigenvalue weighted by Crippen LogP contribution is 2.36. The molecule has 0 unspecified atom stereocenters. The molecule has 4 heteroatoms. The van der Waals surface area contributed by atoms with Crippen molar-refractivity contribution in [2.45, 2.75) is 13.8 Å². The second kappa shape index (κ2) is 6.65. The van der Waals surface area contributed by atoms with Crippen molar-refractivity contribution < 1.29 is 4.74 Å². The van der Waals surface area contributed by atoms with Gasteiger partial charge in [0.25, 0.3) is 0 Å². The number of hydrogen-bond donors (Lipinski definition) is 0. The van der Waals surface area contributed by atoms with E-state index in [0.717, 1.165) is 5.56 Å². The summed E-state index contributed by atoms with van der Waals surface area (Å²) in [6.07, 6.45) is 0. The lowest BCUT2D eigenvalue weighted by Crippen LogP contribution is -2.00. The second-order valence-corrected chi connectivity index (χ2v) is 4.95. The predicted octanol–water partition coefficient (Wildman–Crippen LogP) is 4.44. The molecule has 2 rings (SSSR count). The minimum atomic E-state index is 0.219. The summed E-state index contributed by atoms with van der Waals surface area (Å²) < 4.78 is 5.57. The van der Waals surface area contributed by atoms with E-state index in [1.807, 2.05) is 44.2 Å². The van der Waals surface area contributed by atoms with Gasteiger partial charge in [0.05, 0.1) is 11.4 Å². The Morgan fingerprint density at radius 2 is 1.65 bits per heavy atom. The van der Waals surface area contributed by atoms with Crippen LogP contribution in [0.15, 0.2) is 30.3 Å². The summed E-state index contributed by atoms with van der Waals surface area (Å²) in [4.78, 5) is 4.23. The van der Waals surface area contributed by atoms with Gasteiger partial charge in [-0.2, -0.15) is 0 Å². The van der Waals surface area contributed by atoms with Crippen LogP contribution in [-0.4, -0.2) is 11.6 Å². The van der Waals surface area contributed by atoms with E-state index >= 15 is 0 Å². The van der Waals surface area contributed by atoms with Crippen molar-refractivity contribution in [1.29, 1.82) is 0 Å². The molecule has 0 amide bonds. The van der Waals surface area contributed by atoms with Gasteiger partial charge in [-0.3, -0.25) is 4.98 Å². The molecule has 0 saturated heterocycles. The maximum atomic E-state index is 6.15. The van der Waals surface area contributed by atoms with Gasteiger partial charge in [0, 0.05) is 5.56 Å². The molecule has 1 heterocycles. The van der Waals surface area contributed by atoms with E-state index < -0.39 is 0 Å². The third-order valence-electron chi connectivity index (χ3n) is 2.66. The smallest absolute Gasteiger partial charge is 0.161 e. The van der Waals surface area contributed by atoms with Crippen LogP contribution < -0.4 is 4.74 Å². The molecule has 20 heavy (non-hydrogen) atoms. The van der Waals surface area contributed by atoms with Gasteiger partial charge in [-0.1, -0.05) is 53.2 Å². The average Bonchev–Trinajstić information content (AvgIpc) is 2.45. The number of nitrogens with zero attached hydrogens (tertiary/aromatic N) is 1. The van der Waals surface area contributed by atoms with E-state index in [2.05, 4.69) is 16.8 Å². The Bertz CT molecular complexity index is 646. The van der Waals surface area contributed by atoms with Gasteiger partial charge >= 0.3 is 0 Å². The molecule has 102 valence electrons. The van der Waals surface area contributed by atoms with Gasteiger partial charge in [0.1, 0.15) is 16.7 Å². The molecule has 0 aliphatic rings. The highest BCUT2D eigenvalue weighted by Gasteiger charge is 2.13. The Balaban J connectivity index is 2.11. The summed E-state index contributed by atoms with van der Waals surface area (Å²) in [5.41, 5.74) is 2.33. The van der Waals surface area contributed by atoms with E-state index in [4.69, 9.17) is 27.9 Å². The van der Waals surface area contributed by atoms with Gasteiger partial charge in [-0.05, 0) is 26.0 Å².